The fourth-order valence-electron chi connectivity index (χ4n) is 0.482. The van der Waals surface area contributed by atoms with E-state index in [4.69, 9.17) is 0 Å². The number of hydrogen-bond donors (Lipinski definition) is 0. The molecule has 84 valence electrons. The molecule has 0 unspecified atom stereocenters. The van der Waals surface area contributed by atoms with Gasteiger partial charge in [-0.15, -0.1) is 0 Å². The van der Waals surface area contributed by atoms with Crippen LogP contribution in [0.4, 0.5) is 0 Å². The molecular weight excluding hydrogens is 247 g/mol. The number of carboxylic acids is 1. The van der Waals surface area contributed by atoms with E-state index in [-0.39, 0.29) is 29.6 Å². The maximum Gasteiger partial charge on any atom is 1.00 e. The zero-order valence-electron chi connectivity index (χ0n) is 8.66. The average molecular weight is 256 g/mol. The van der Waals surface area contributed by atoms with Crippen molar-refractivity contribution in [3.63, 3.8) is 0 Å². The third-order valence-electron chi connectivity index (χ3n) is 0.967. The van der Waals surface area contributed by atoms with Gasteiger partial charge in [0.25, 0.3) is 0 Å². The molecule has 0 aromatic carbocycles. The van der Waals surface area contributed by atoms with Gasteiger partial charge in [0.1, 0.15) is 12.5 Å². The topological polar surface area (TPSA) is 92.7 Å². The van der Waals surface area contributed by atoms with Crippen LogP contribution in [0.3, 0.4) is 0 Å². The molecule has 16 heavy (non-hydrogen) atoms. The van der Waals surface area contributed by atoms with E-state index >= 15 is 0 Å². The number of ether oxygens (including phenoxy) is 1. The van der Waals surface area contributed by atoms with Crippen molar-refractivity contribution in [1.29, 1.82) is 0 Å². The standard InChI is InChI=1S/C8H10O6S.Na/c1-2-13-5-6-14-15(11,12)7-3-4-8(9)10;/h2-3,5-7H,1,4H2,(H,9,10);/q;+1/p-1. The van der Waals surface area contributed by atoms with E-state index in [9.17, 15) is 18.3 Å². The summed E-state index contributed by atoms with van der Waals surface area (Å²) in [6.45, 7) is 3.20. The Labute approximate surface area is 116 Å². The number of aliphatic carboxylic acids is 1. The second-order valence-corrected chi connectivity index (χ2v) is 3.56. The Bertz CT molecular complexity index is 370. The van der Waals surface area contributed by atoms with Gasteiger partial charge in [0.15, 0.2) is 0 Å². The van der Waals surface area contributed by atoms with E-state index in [0.29, 0.717) is 5.41 Å². The first-order valence-electron chi connectivity index (χ1n) is 3.69. The summed E-state index contributed by atoms with van der Waals surface area (Å²) < 4.78 is 30.5. The molecule has 0 fully saturated rings. The molecule has 0 spiro atoms. The van der Waals surface area contributed by atoms with Crippen molar-refractivity contribution < 1.29 is 56.8 Å². The molecule has 0 heterocycles. The summed E-state index contributed by atoms with van der Waals surface area (Å²) in [6.07, 6.45) is 3.19. The molecule has 8 heteroatoms. The number of carbonyl (C=O) groups is 1. The maximum atomic E-state index is 10.9. The van der Waals surface area contributed by atoms with Crippen molar-refractivity contribution in [2.45, 2.75) is 6.42 Å². The molecule has 6 nitrogen and oxygen atoms in total. The van der Waals surface area contributed by atoms with Crippen LogP contribution in [-0.2, 0) is 23.8 Å². The second kappa shape index (κ2) is 9.46. The summed E-state index contributed by atoms with van der Waals surface area (Å²) in [5.74, 6) is -1.38. The van der Waals surface area contributed by atoms with E-state index in [1.807, 2.05) is 0 Å². The number of hydrogen-bond acceptors (Lipinski definition) is 6. The Morgan fingerprint density at radius 3 is 2.50 bits per heavy atom. The predicted octanol–water partition coefficient (Wildman–Crippen LogP) is -3.38. The van der Waals surface area contributed by atoms with Crippen molar-refractivity contribution >= 4 is 16.1 Å². The van der Waals surface area contributed by atoms with Crippen molar-refractivity contribution in [1.82, 2.24) is 0 Å². The van der Waals surface area contributed by atoms with E-state index in [1.54, 1.807) is 0 Å². The van der Waals surface area contributed by atoms with Crippen LogP contribution < -0.4 is 34.7 Å². The first-order valence-corrected chi connectivity index (χ1v) is 5.16. The van der Waals surface area contributed by atoms with Gasteiger partial charge in [0.05, 0.1) is 11.7 Å². The molecule has 0 aliphatic rings. The van der Waals surface area contributed by atoms with Crippen LogP contribution in [0.2, 0.25) is 0 Å². The minimum Gasteiger partial charge on any atom is -0.550 e. The van der Waals surface area contributed by atoms with Gasteiger partial charge >= 0.3 is 39.7 Å². The SMILES string of the molecule is C=COC=COS(=O)(=O)C=CCC(=O)[O-].[Na+]. The fraction of sp³-hybridized carbons (Fsp3) is 0.125. The van der Waals surface area contributed by atoms with E-state index in [2.05, 4.69) is 15.5 Å². The quantitative estimate of drug-likeness (QED) is 0.268. The van der Waals surface area contributed by atoms with Crippen molar-refractivity contribution in [2.75, 3.05) is 0 Å². The van der Waals surface area contributed by atoms with Gasteiger partial charge in [-0.1, -0.05) is 12.7 Å². The Balaban J connectivity index is 0. The van der Waals surface area contributed by atoms with Crippen LogP contribution >= 0.6 is 0 Å². The van der Waals surface area contributed by atoms with Gasteiger partial charge in [-0.3, -0.25) is 0 Å². The molecule has 0 saturated heterocycles. The van der Waals surface area contributed by atoms with Gasteiger partial charge in [-0.2, -0.15) is 8.42 Å². The summed E-state index contributed by atoms with van der Waals surface area (Å²) in [5.41, 5.74) is 0. The minimum atomic E-state index is -3.93. The molecule has 0 atom stereocenters. The van der Waals surface area contributed by atoms with E-state index in [0.717, 1.165) is 24.9 Å². The number of rotatable bonds is 7. The zero-order chi connectivity index (χ0) is 11.7. The summed E-state index contributed by atoms with van der Waals surface area (Å²) in [7, 11) is -3.93. The molecule has 0 N–H and O–H groups in total. The van der Waals surface area contributed by atoms with Gasteiger partial charge in [0, 0.05) is 12.4 Å². The van der Waals surface area contributed by atoms with Crippen molar-refractivity contribution in [3.8, 4) is 0 Å². The van der Waals surface area contributed by atoms with E-state index < -0.39 is 22.5 Å². The molecule has 0 aromatic heterocycles. The second-order valence-electron chi connectivity index (χ2n) is 2.11. The zero-order valence-corrected chi connectivity index (χ0v) is 11.5. The minimum absolute atomic E-state index is 0. The molecule has 0 saturated carbocycles. The third kappa shape index (κ3) is 11.3. The van der Waals surface area contributed by atoms with Crippen LogP contribution in [0.15, 0.2) is 36.8 Å². The Morgan fingerprint density at radius 2 is 2.00 bits per heavy atom. The first kappa shape index (κ1) is 17.6. The van der Waals surface area contributed by atoms with Crippen LogP contribution in [-0.4, -0.2) is 14.4 Å². The summed E-state index contributed by atoms with van der Waals surface area (Å²) in [5, 5.41) is 10.6. The molecule has 0 bridgehead atoms. The summed E-state index contributed by atoms with van der Waals surface area (Å²) in [6, 6.07) is 0. The maximum absolute atomic E-state index is 10.9. The van der Waals surface area contributed by atoms with Crippen molar-refractivity contribution in [3.05, 3.63) is 36.8 Å². The van der Waals surface area contributed by atoms with Crippen LogP contribution in [0.25, 0.3) is 0 Å². The predicted molar refractivity (Wildman–Crippen MR) is 49.2 cm³/mol. The molecule has 0 aliphatic heterocycles. The molecular formula is C8H9NaO6S. The third-order valence-corrected chi connectivity index (χ3v) is 1.87. The Kier molecular flexibility index (Phi) is 10.4. The van der Waals surface area contributed by atoms with Gasteiger partial charge in [0.2, 0.25) is 0 Å². The Hall–Kier alpha value is -0.760. The smallest absolute Gasteiger partial charge is 0.550 e. The summed E-state index contributed by atoms with van der Waals surface area (Å²) >= 11 is 0. The molecule has 0 aliphatic carbocycles. The largest absolute Gasteiger partial charge is 1.00 e. The van der Waals surface area contributed by atoms with Crippen molar-refractivity contribution in [2.24, 2.45) is 0 Å². The first-order chi connectivity index (χ1) is 6.98. The summed E-state index contributed by atoms with van der Waals surface area (Å²) in [4.78, 5) is 9.94. The normalized spacial score (nSPS) is 11.0. The molecule has 0 radical (unpaired) electrons. The Morgan fingerprint density at radius 1 is 1.38 bits per heavy atom. The van der Waals surface area contributed by atoms with E-state index in [1.165, 1.54) is 0 Å². The van der Waals surface area contributed by atoms with Crippen LogP contribution in [0, 0.1) is 0 Å². The molecule has 0 aromatic rings. The van der Waals surface area contributed by atoms with Crippen LogP contribution in [0.5, 0.6) is 0 Å². The monoisotopic (exact) mass is 256 g/mol. The number of carboxylic acid groups (broad SMARTS) is 1. The fourth-order valence-corrected chi connectivity index (χ4v) is 1.08. The average Bonchev–Trinajstić information content (AvgIpc) is 2.11. The van der Waals surface area contributed by atoms with Gasteiger partial charge in [-0.25, -0.2) is 0 Å². The van der Waals surface area contributed by atoms with Gasteiger partial charge in [-0.05, 0) is 0 Å². The molecule has 0 amide bonds. The number of carbonyl (C=O) groups excluding carboxylic acids is 1. The molecule has 0 rings (SSSR count). The van der Waals surface area contributed by atoms with Crippen LogP contribution in [0.1, 0.15) is 6.42 Å². The van der Waals surface area contributed by atoms with Gasteiger partial charge < -0.3 is 18.8 Å².